The Balaban J connectivity index is 1.78. The molecule has 0 radical (unpaired) electrons. The van der Waals surface area contributed by atoms with Crippen LogP contribution in [-0.2, 0) is 11.3 Å². The minimum absolute atomic E-state index is 0.269. The number of carbonyl (C=O) groups is 1. The largest absolute Gasteiger partial charge is 0.481 e. The van der Waals surface area contributed by atoms with E-state index < -0.39 is 5.97 Å². The summed E-state index contributed by atoms with van der Waals surface area (Å²) in [4.78, 5) is 15.4. The highest BCUT2D eigenvalue weighted by molar-refractivity contribution is 5.66. The number of carboxylic acids is 1. The molecule has 1 aromatic carbocycles. The first-order valence-corrected chi connectivity index (χ1v) is 7.83. The van der Waals surface area contributed by atoms with Crippen LogP contribution >= 0.6 is 0 Å². The Morgan fingerprint density at radius 1 is 1.38 bits per heavy atom. The molecule has 0 saturated carbocycles. The van der Waals surface area contributed by atoms with Crippen molar-refractivity contribution in [3.63, 3.8) is 0 Å². The third kappa shape index (κ3) is 5.48. The van der Waals surface area contributed by atoms with Crippen molar-refractivity contribution >= 4 is 5.97 Å². The summed E-state index contributed by atoms with van der Waals surface area (Å²) < 4.78 is 0. The lowest BCUT2D eigenvalue weighted by atomic mass is 10.0. The van der Waals surface area contributed by atoms with Gasteiger partial charge in [0.1, 0.15) is 0 Å². The van der Waals surface area contributed by atoms with E-state index >= 15 is 0 Å². The van der Waals surface area contributed by atoms with Gasteiger partial charge in [0.2, 0.25) is 0 Å². The van der Waals surface area contributed by atoms with Gasteiger partial charge in [0, 0.05) is 25.6 Å². The third-order valence-corrected chi connectivity index (χ3v) is 4.25. The zero-order chi connectivity index (χ0) is 15.1. The highest BCUT2D eigenvalue weighted by atomic mass is 16.4. The quantitative estimate of drug-likeness (QED) is 0.838. The van der Waals surface area contributed by atoms with Gasteiger partial charge < -0.3 is 10.0 Å². The predicted octanol–water partition coefficient (Wildman–Crippen LogP) is 2.45. The molecule has 0 bridgehead atoms. The summed E-state index contributed by atoms with van der Waals surface area (Å²) in [6.45, 7) is 4.13. The summed E-state index contributed by atoms with van der Waals surface area (Å²) in [5, 5.41) is 8.72. The highest BCUT2D eigenvalue weighted by Crippen LogP contribution is 2.17. The second-order valence-corrected chi connectivity index (χ2v) is 5.99. The van der Waals surface area contributed by atoms with E-state index in [0.29, 0.717) is 6.04 Å². The van der Waals surface area contributed by atoms with Crippen molar-refractivity contribution in [2.75, 3.05) is 26.7 Å². The van der Waals surface area contributed by atoms with E-state index in [1.165, 1.54) is 18.4 Å². The number of benzene rings is 1. The molecule has 0 spiro atoms. The van der Waals surface area contributed by atoms with Gasteiger partial charge in [-0.3, -0.25) is 9.69 Å². The predicted molar refractivity (Wildman–Crippen MR) is 84.2 cm³/mol. The minimum Gasteiger partial charge on any atom is -0.481 e. The molecule has 1 atom stereocenters. The highest BCUT2D eigenvalue weighted by Gasteiger charge is 2.22. The number of aliphatic carboxylic acids is 1. The molecular formula is C17H26N2O2. The van der Waals surface area contributed by atoms with Crippen molar-refractivity contribution in [3.05, 3.63) is 35.9 Å². The Kier molecular flexibility index (Phi) is 6.21. The normalized spacial score (nSPS) is 19.8. The Labute approximate surface area is 127 Å². The van der Waals surface area contributed by atoms with E-state index in [1.54, 1.807) is 0 Å². The van der Waals surface area contributed by atoms with Crippen molar-refractivity contribution in [1.82, 2.24) is 9.80 Å². The molecule has 1 heterocycles. The second kappa shape index (κ2) is 8.15. The van der Waals surface area contributed by atoms with Gasteiger partial charge >= 0.3 is 5.97 Å². The van der Waals surface area contributed by atoms with Gasteiger partial charge in [0.15, 0.2) is 0 Å². The summed E-state index contributed by atoms with van der Waals surface area (Å²) in [5.41, 5.74) is 1.37. The van der Waals surface area contributed by atoms with E-state index in [1.807, 2.05) is 0 Å². The van der Waals surface area contributed by atoms with Gasteiger partial charge in [-0.2, -0.15) is 0 Å². The van der Waals surface area contributed by atoms with Crippen LogP contribution in [0, 0.1) is 0 Å². The van der Waals surface area contributed by atoms with E-state index in [2.05, 4.69) is 47.2 Å². The summed E-state index contributed by atoms with van der Waals surface area (Å²) in [5.74, 6) is -0.697. The Bertz CT molecular complexity index is 436. The van der Waals surface area contributed by atoms with Crippen LogP contribution in [0.5, 0.6) is 0 Å². The molecule has 1 N–H and O–H groups in total. The van der Waals surface area contributed by atoms with Gasteiger partial charge in [0.25, 0.3) is 0 Å². The topological polar surface area (TPSA) is 43.8 Å². The molecule has 1 aliphatic heterocycles. The number of likely N-dealkylation sites (N-methyl/N-ethyl adjacent to an activating group) is 1. The van der Waals surface area contributed by atoms with Gasteiger partial charge in [-0.25, -0.2) is 0 Å². The van der Waals surface area contributed by atoms with Gasteiger partial charge in [-0.1, -0.05) is 30.3 Å². The maximum Gasteiger partial charge on any atom is 0.303 e. The van der Waals surface area contributed by atoms with Gasteiger partial charge in [-0.05, 0) is 45.0 Å². The number of hydrogen-bond acceptors (Lipinski definition) is 3. The lowest BCUT2D eigenvalue weighted by Gasteiger charge is -2.37. The fourth-order valence-electron chi connectivity index (χ4n) is 3.04. The van der Waals surface area contributed by atoms with Gasteiger partial charge in [-0.15, -0.1) is 0 Å². The van der Waals surface area contributed by atoms with Crippen LogP contribution in [0.2, 0.25) is 0 Å². The molecule has 0 amide bonds. The number of piperidine rings is 1. The van der Waals surface area contributed by atoms with E-state index in [0.717, 1.165) is 32.6 Å². The maximum atomic E-state index is 10.6. The number of carboxylic acid groups (broad SMARTS) is 1. The van der Waals surface area contributed by atoms with Crippen LogP contribution in [0.1, 0.15) is 31.2 Å². The van der Waals surface area contributed by atoms with Gasteiger partial charge in [0.05, 0.1) is 0 Å². The first kappa shape index (κ1) is 16.0. The monoisotopic (exact) mass is 290 g/mol. The lowest BCUT2D eigenvalue weighted by Crippen LogP contribution is -2.46. The van der Waals surface area contributed by atoms with E-state index in [-0.39, 0.29) is 6.42 Å². The second-order valence-electron chi connectivity index (χ2n) is 5.99. The first-order valence-electron chi connectivity index (χ1n) is 7.83. The molecule has 2 rings (SSSR count). The Morgan fingerprint density at radius 3 is 2.86 bits per heavy atom. The lowest BCUT2D eigenvalue weighted by molar-refractivity contribution is -0.137. The molecule has 4 nitrogen and oxygen atoms in total. The van der Waals surface area contributed by atoms with Crippen LogP contribution in [0.25, 0.3) is 0 Å². The van der Waals surface area contributed by atoms with Crippen molar-refractivity contribution in [1.29, 1.82) is 0 Å². The molecule has 1 aliphatic rings. The van der Waals surface area contributed by atoms with Crippen molar-refractivity contribution in [2.24, 2.45) is 0 Å². The number of hydrogen-bond donors (Lipinski definition) is 1. The molecule has 0 aromatic heterocycles. The smallest absolute Gasteiger partial charge is 0.303 e. The summed E-state index contributed by atoms with van der Waals surface area (Å²) in [7, 11) is 2.12. The Hall–Kier alpha value is -1.39. The maximum absolute atomic E-state index is 10.6. The first-order chi connectivity index (χ1) is 10.1. The third-order valence-electron chi connectivity index (χ3n) is 4.25. The zero-order valence-electron chi connectivity index (χ0n) is 12.9. The standard InChI is InChI=1S/C17H26N2O2/c1-18(11-6-10-17(20)21)16-9-5-12-19(14-16)13-15-7-3-2-4-8-15/h2-4,7-8,16H,5-6,9-14H2,1H3,(H,20,21). The SMILES string of the molecule is CN(CCCC(=O)O)C1CCCN(Cc2ccccc2)C1. The van der Waals surface area contributed by atoms with Crippen molar-refractivity contribution < 1.29 is 9.90 Å². The van der Waals surface area contributed by atoms with Crippen molar-refractivity contribution in [3.8, 4) is 0 Å². The molecule has 1 unspecified atom stereocenters. The average Bonchev–Trinajstić information content (AvgIpc) is 2.48. The molecule has 0 aliphatic carbocycles. The number of nitrogens with zero attached hydrogens (tertiary/aromatic N) is 2. The molecule has 1 fully saturated rings. The number of rotatable bonds is 7. The van der Waals surface area contributed by atoms with Crippen LogP contribution in [0.3, 0.4) is 0 Å². The molecule has 1 aromatic rings. The minimum atomic E-state index is -0.697. The van der Waals surface area contributed by atoms with E-state index in [9.17, 15) is 4.79 Å². The molecule has 116 valence electrons. The van der Waals surface area contributed by atoms with E-state index in [4.69, 9.17) is 5.11 Å². The fraction of sp³-hybridized carbons (Fsp3) is 0.588. The molecule has 1 saturated heterocycles. The van der Waals surface area contributed by atoms with Crippen LogP contribution < -0.4 is 0 Å². The molecule has 21 heavy (non-hydrogen) atoms. The fourth-order valence-corrected chi connectivity index (χ4v) is 3.04. The zero-order valence-corrected chi connectivity index (χ0v) is 12.9. The molecule has 4 heteroatoms. The molecular weight excluding hydrogens is 264 g/mol. The van der Waals surface area contributed by atoms with Crippen LogP contribution in [-0.4, -0.2) is 53.6 Å². The summed E-state index contributed by atoms with van der Waals surface area (Å²) >= 11 is 0. The Morgan fingerprint density at radius 2 is 2.14 bits per heavy atom. The average molecular weight is 290 g/mol. The van der Waals surface area contributed by atoms with Crippen LogP contribution in [0.15, 0.2) is 30.3 Å². The van der Waals surface area contributed by atoms with Crippen LogP contribution in [0.4, 0.5) is 0 Å². The summed E-state index contributed by atoms with van der Waals surface area (Å²) in [6.07, 6.45) is 3.45. The van der Waals surface area contributed by atoms with Crippen molar-refractivity contribution in [2.45, 2.75) is 38.3 Å². The summed E-state index contributed by atoms with van der Waals surface area (Å²) in [6, 6.07) is 11.2. The number of likely N-dealkylation sites (tertiary alicyclic amines) is 1.